The number of benzene rings is 1. The maximum absolute atomic E-state index is 13.8. The Morgan fingerprint density at radius 2 is 1.81 bits per heavy atom. The molecule has 32 heavy (non-hydrogen) atoms. The molecule has 0 radical (unpaired) electrons. The summed E-state index contributed by atoms with van der Waals surface area (Å²) in [5.41, 5.74) is 3.14. The van der Waals surface area contributed by atoms with E-state index in [2.05, 4.69) is 11.9 Å². The van der Waals surface area contributed by atoms with E-state index in [9.17, 15) is 9.59 Å². The maximum atomic E-state index is 13.8. The zero-order valence-corrected chi connectivity index (χ0v) is 20.2. The average Bonchev–Trinajstić information content (AvgIpc) is 3.17. The number of thioether (sulfide) groups is 1. The van der Waals surface area contributed by atoms with Gasteiger partial charge >= 0.3 is 0 Å². The highest BCUT2D eigenvalue weighted by molar-refractivity contribution is 7.99. The number of thiophene rings is 1. The van der Waals surface area contributed by atoms with E-state index in [1.165, 1.54) is 28.6 Å². The molecule has 1 amide bonds. The summed E-state index contributed by atoms with van der Waals surface area (Å²) in [6.45, 7) is 5.34. The number of rotatable bonds is 4. The predicted molar refractivity (Wildman–Crippen MR) is 131 cm³/mol. The molecule has 2 aromatic heterocycles. The molecule has 168 valence electrons. The first kappa shape index (κ1) is 21.7. The van der Waals surface area contributed by atoms with Crippen LogP contribution in [-0.4, -0.2) is 64.2 Å². The van der Waals surface area contributed by atoms with Crippen molar-refractivity contribution in [3.8, 4) is 5.69 Å². The number of aromatic nitrogens is 2. The van der Waals surface area contributed by atoms with E-state index >= 15 is 0 Å². The summed E-state index contributed by atoms with van der Waals surface area (Å²) in [5, 5.41) is 1.38. The van der Waals surface area contributed by atoms with Gasteiger partial charge in [-0.3, -0.25) is 14.2 Å². The fraction of sp³-hybridized carbons (Fsp3) is 0.458. The molecule has 1 aliphatic carbocycles. The van der Waals surface area contributed by atoms with E-state index in [0.717, 1.165) is 66.9 Å². The summed E-state index contributed by atoms with van der Waals surface area (Å²) in [6, 6.07) is 7.96. The van der Waals surface area contributed by atoms with E-state index in [1.807, 2.05) is 36.1 Å². The molecule has 1 fully saturated rings. The number of nitrogens with zero attached hydrogens (tertiary/aromatic N) is 4. The molecule has 1 aromatic carbocycles. The van der Waals surface area contributed by atoms with Crippen molar-refractivity contribution < 1.29 is 4.79 Å². The van der Waals surface area contributed by atoms with Crippen LogP contribution in [0.4, 0.5) is 0 Å². The van der Waals surface area contributed by atoms with Crippen LogP contribution in [0.15, 0.2) is 34.2 Å². The standard InChI is InChI=1S/C24H28N4O2S2/c1-16-7-9-17(10-8-16)28-23(30)21-18-5-3-4-6-19(18)32-22(21)25-24(28)31-15-20(29)27-13-11-26(2)12-14-27/h7-10H,3-6,11-15H2,1-2H3. The summed E-state index contributed by atoms with van der Waals surface area (Å²) in [4.78, 5) is 37.8. The number of hydrogen-bond donors (Lipinski definition) is 0. The number of amides is 1. The lowest BCUT2D eigenvalue weighted by Crippen LogP contribution is -2.47. The van der Waals surface area contributed by atoms with Gasteiger partial charge in [0.15, 0.2) is 5.16 Å². The molecule has 2 aliphatic rings. The molecule has 3 aromatic rings. The minimum Gasteiger partial charge on any atom is -0.339 e. The molecule has 0 spiro atoms. The second-order valence-corrected chi connectivity index (χ2v) is 10.8. The molecule has 0 N–H and O–H groups in total. The van der Waals surface area contributed by atoms with Crippen LogP contribution in [0, 0.1) is 6.92 Å². The van der Waals surface area contributed by atoms with E-state index in [4.69, 9.17) is 4.98 Å². The Morgan fingerprint density at radius 3 is 2.56 bits per heavy atom. The highest BCUT2D eigenvalue weighted by Crippen LogP contribution is 2.35. The highest BCUT2D eigenvalue weighted by Gasteiger charge is 2.24. The normalized spacial score (nSPS) is 17.0. The number of fused-ring (bicyclic) bond motifs is 3. The summed E-state index contributed by atoms with van der Waals surface area (Å²) < 4.78 is 1.71. The van der Waals surface area contributed by atoms with Gasteiger partial charge in [-0.05, 0) is 57.4 Å². The molecule has 5 rings (SSSR count). The zero-order valence-electron chi connectivity index (χ0n) is 18.6. The van der Waals surface area contributed by atoms with Crippen molar-refractivity contribution in [3.05, 3.63) is 50.6 Å². The van der Waals surface area contributed by atoms with Gasteiger partial charge in [-0.1, -0.05) is 29.5 Å². The first-order valence-corrected chi connectivity index (χ1v) is 13.0. The predicted octanol–water partition coefficient (Wildman–Crippen LogP) is 3.50. The van der Waals surface area contributed by atoms with Crippen LogP contribution in [-0.2, 0) is 17.6 Å². The number of hydrogen-bond acceptors (Lipinski definition) is 6. The Kier molecular flexibility index (Phi) is 6.09. The summed E-state index contributed by atoms with van der Waals surface area (Å²) >= 11 is 3.04. The molecule has 6 nitrogen and oxygen atoms in total. The lowest BCUT2D eigenvalue weighted by Gasteiger charge is -2.32. The quantitative estimate of drug-likeness (QED) is 0.433. The van der Waals surface area contributed by atoms with Gasteiger partial charge in [-0.25, -0.2) is 4.98 Å². The number of piperazine rings is 1. The van der Waals surface area contributed by atoms with Gasteiger partial charge in [-0.15, -0.1) is 11.3 Å². The van der Waals surface area contributed by atoms with Crippen LogP contribution in [0.25, 0.3) is 15.9 Å². The third-order valence-corrected chi connectivity index (χ3v) is 8.54. The van der Waals surface area contributed by atoms with Crippen molar-refractivity contribution in [2.75, 3.05) is 39.0 Å². The van der Waals surface area contributed by atoms with Crippen LogP contribution in [0.3, 0.4) is 0 Å². The highest BCUT2D eigenvalue weighted by atomic mass is 32.2. The number of carbonyl (C=O) groups excluding carboxylic acids is 1. The number of carbonyl (C=O) groups is 1. The van der Waals surface area contributed by atoms with Crippen molar-refractivity contribution in [3.63, 3.8) is 0 Å². The SMILES string of the molecule is Cc1ccc(-n2c(SCC(=O)N3CCN(C)CC3)nc3sc4c(c3c2=O)CCCC4)cc1. The largest absolute Gasteiger partial charge is 0.339 e. The summed E-state index contributed by atoms with van der Waals surface area (Å²) in [6.07, 6.45) is 4.28. The second-order valence-electron chi connectivity index (χ2n) is 8.73. The van der Waals surface area contributed by atoms with Gasteiger partial charge in [0, 0.05) is 31.1 Å². The van der Waals surface area contributed by atoms with Crippen molar-refractivity contribution in [2.45, 2.75) is 37.8 Å². The van der Waals surface area contributed by atoms with Crippen molar-refractivity contribution in [1.29, 1.82) is 0 Å². The number of likely N-dealkylation sites (N-methyl/N-ethyl adjacent to an activating group) is 1. The van der Waals surface area contributed by atoms with E-state index < -0.39 is 0 Å². The molecule has 3 heterocycles. The Hall–Kier alpha value is -2.16. The molecule has 0 unspecified atom stereocenters. The number of aryl methyl sites for hydroxylation is 3. The Bertz CT molecular complexity index is 1210. The molecule has 8 heteroatoms. The van der Waals surface area contributed by atoms with Crippen LogP contribution >= 0.6 is 23.1 Å². The Labute approximate surface area is 196 Å². The van der Waals surface area contributed by atoms with Gasteiger partial charge in [0.1, 0.15) is 4.83 Å². The van der Waals surface area contributed by atoms with E-state index in [1.54, 1.807) is 15.9 Å². The summed E-state index contributed by atoms with van der Waals surface area (Å²) in [7, 11) is 2.08. The molecule has 1 saturated heterocycles. The van der Waals surface area contributed by atoms with Gasteiger partial charge in [0.2, 0.25) is 5.91 Å². The Balaban J connectivity index is 1.53. The minimum absolute atomic E-state index is 0.00667. The molecular weight excluding hydrogens is 440 g/mol. The fourth-order valence-corrected chi connectivity index (χ4v) is 6.70. The van der Waals surface area contributed by atoms with E-state index in [-0.39, 0.29) is 11.5 Å². The zero-order chi connectivity index (χ0) is 22.2. The molecule has 0 atom stereocenters. The first-order valence-electron chi connectivity index (χ1n) is 11.2. The van der Waals surface area contributed by atoms with Gasteiger partial charge in [-0.2, -0.15) is 0 Å². The lowest BCUT2D eigenvalue weighted by atomic mass is 9.97. The van der Waals surface area contributed by atoms with Gasteiger partial charge in [0.25, 0.3) is 5.56 Å². The third-order valence-electron chi connectivity index (χ3n) is 6.43. The van der Waals surface area contributed by atoms with Crippen molar-refractivity contribution >= 4 is 39.2 Å². The summed E-state index contributed by atoms with van der Waals surface area (Å²) in [5.74, 6) is 0.400. The van der Waals surface area contributed by atoms with Crippen LogP contribution in [0.2, 0.25) is 0 Å². The second kappa shape index (κ2) is 9.00. The molecule has 0 saturated carbocycles. The Morgan fingerprint density at radius 1 is 1.09 bits per heavy atom. The maximum Gasteiger partial charge on any atom is 0.267 e. The van der Waals surface area contributed by atoms with Crippen LogP contribution in [0.1, 0.15) is 28.8 Å². The van der Waals surface area contributed by atoms with Gasteiger partial charge < -0.3 is 9.80 Å². The monoisotopic (exact) mass is 468 g/mol. The van der Waals surface area contributed by atoms with Crippen molar-refractivity contribution in [2.24, 2.45) is 0 Å². The molecule has 1 aliphatic heterocycles. The average molecular weight is 469 g/mol. The topological polar surface area (TPSA) is 58.4 Å². The van der Waals surface area contributed by atoms with Crippen LogP contribution < -0.4 is 5.56 Å². The minimum atomic E-state index is -0.00667. The van der Waals surface area contributed by atoms with Crippen LogP contribution in [0.5, 0.6) is 0 Å². The first-order chi connectivity index (χ1) is 15.5. The van der Waals surface area contributed by atoms with Gasteiger partial charge in [0.05, 0.1) is 16.8 Å². The molecule has 0 bridgehead atoms. The molecular formula is C24H28N4O2S2. The van der Waals surface area contributed by atoms with Crippen molar-refractivity contribution in [1.82, 2.24) is 19.4 Å². The smallest absolute Gasteiger partial charge is 0.267 e. The van der Waals surface area contributed by atoms with E-state index in [0.29, 0.717) is 10.9 Å². The third kappa shape index (κ3) is 4.11. The fourth-order valence-electron chi connectivity index (χ4n) is 4.48. The lowest BCUT2D eigenvalue weighted by molar-refractivity contribution is -0.129.